The van der Waals surface area contributed by atoms with Gasteiger partial charge in [0.25, 0.3) is 0 Å². The second-order valence-electron chi connectivity index (χ2n) is 4.60. The van der Waals surface area contributed by atoms with Crippen LogP contribution in [0.25, 0.3) is 0 Å². The van der Waals surface area contributed by atoms with E-state index in [1.54, 1.807) is 6.20 Å². The van der Waals surface area contributed by atoms with Crippen LogP contribution in [-0.2, 0) is 0 Å². The molecule has 0 bridgehead atoms. The molecule has 104 valence electrons. The van der Waals surface area contributed by atoms with Crippen LogP contribution in [-0.4, -0.2) is 41.4 Å². The highest BCUT2D eigenvalue weighted by Gasteiger charge is 2.18. The van der Waals surface area contributed by atoms with E-state index in [2.05, 4.69) is 25.0 Å². The minimum atomic E-state index is -0.207. The van der Waals surface area contributed by atoms with Crippen LogP contribution in [0, 0.1) is 10.6 Å². The molecule has 0 radical (unpaired) electrons. The summed E-state index contributed by atoms with van der Waals surface area (Å²) in [6.07, 6.45) is 1.68. The van der Waals surface area contributed by atoms with Gasteiger partial charge in [-0.1, -0.05) is 0 Å². The van der Waals surface area contributed by atoms with Crippen LogP contribution in [0.4, 0.5) is 15.9 Å². The number of H-pyrrole nitrogens is 1. The summed E-state index contributed by atoms with van der Waals surface area (Å²) in [5, 5.41) is 6.59. The molecule has 1 fully saturated rings. The first-order valence-electron chi connectivity index (χ1n) is 6.39. The topological polar surface area (TPSA) is 48.0 Å². The number of piperazine rings is 1. The minimum absolute atomic E-state index is 0.207. The van der Waals surface area contributed by atoms with E-state index in [9.17, 15) is 4.39 Å². The molecule has 1 aromatic heterocycles. The molecule has 5 nitrogen and oxygen atoms in total. The first-order chi connectivity index (χ1) is 9.72. The number of hydrogen-bond donors (Lipinski definition) is 1. The van der Waals surface area contributed by atoms with E-state index < -0.39 is 0 Å². The molecule has 1 saturated heterocycles. The van der Waals surface area contributed by atoms with Crippen molar-refractivity contribution in [3.63, 3.8) is 0 Å². The number of rotatable bonds is 2. The van der Waals surface area contributed by atoms with Crippen LogP contribution in [0.5, 0.6) is 0 Å². The first kappa shape index (κ1) is 13.0. The SMILES string of the molecule is Fc1ccc(N2CCN(c3cn[nH]c(=S)n3)CC2)cc1. The number of anilines is 2. The third-order valence-corrected chi connectivity index (χ3v) is 3.53. The van der Waals surface area contributed by atoms with Crippen molar-refractivity contribution in [3.8, 4) is 0 Å². The zero-order valence-corrected chi connectivity index (χ0v) is 11.6. The second-order valence-corrected chi connectivity index (χ2v) is 4.98. The molecule has 2 heterocycles. The maximum atomic E-state index is 12.9. The van der Waals surface area contributed by atoms with Crippen molar-refractivity contribution in [3.05, 3.63) is 41.1 Å². The van der Waals surface area contributed by atoms with Gasteiger partial charge in [0, 0.05) is 31.9 Å². The van der Waals surface area contributed by atoms with Crippen molar-refractivity contribution in [1.82, 2.24) is 15.2 Å². The van der Waals surface area contributed by atoms with E-state index in [0.29, 0.717) is 4.77 Å². The number of nitrogens with one attached hydrogen (secondary N) is 1. The summed E-state index contributed by atoms with van der Waals surface area (Å²) in [5.74, 6) is 0.591. The molecule has 0 atom stereocenters. The summed E-state index contributed by atoms with van der Waals surface area (Å²) in [4.78, 5) is 8.64. The fraction of sp³-hybridized carbons (Fsp3) is 0.308. The van der Waals surface area contributed by atoms with Crippen LogP contribution in [0.1, 0.15) is 0 Å². The standard InChI is InChI=1S/C13H14FN5S/c14-10-1-3-11(4-2-10)18-5-7-19(8-6-18)12-9-15-17-13(20)16-12/h1-4,9H,5-8H2,(H,16,17,20). The van der Waals surface area contributed by atoms with Gasteiger partial charge in [-0.25, -0.2) is 4.39 Å². The molecule has 0 spiro atoms. The smallest absolute Gasteiger partial charge is 0.215 e. The number of halogens is 1. The van der Waals surface area contributed by atoms with Gasteiger partial charge < -0.3 is 9.80 Å². The van der Waals surface area contributed by atoms with E-state index in [-0.39, 0.29) is 5.82 Å². The summed E-state index contributed by atoms with van der Waals surface area (Å²) in [7, 11) is 0. The Hall–Kier alpha value is -2.02. The highest BCUT2D eigenvalue weighted by Crippen LogP contribution is 2.18. The molecule has 0 amide bonds. The Morgan fingerprint density at radius 3 is 2.35 bits per heavy atom. The maximum absolute atomic E-state index is 12.9. The van der Waals surface area contributed by atoms with Gasteiger partial charge in [-0.05, 0) is 36.5 Å². The van der Waals surface area contributed by atoms with E-state index in [4.69, 9.17) is 12.2 Å². The lowest BCUT2D eigenvalue weighted by molar-refractivity contribution is 0.623. The Labute approximate surface area is 121 Å². The van der Waals surface area contributed by atoms with Crippen LogP contribution >= 0.6 is 12.2 Å². The lowest BCUT2D eigenvalue weighted by Gasteiger charge is -2.36. The molecular formula is C13H14FN5S. The molecular weight excluding hydrogens is 277 g/mol. The van der Waals surface area contributed by atoms with Crippen LogP contribution in [0.2, 0.25) is 0 Å². The average Bonchev–Trinajstić information content (AvgIpc) is 2.48. The monoisotopic (exact) mass is 291 g/mol. The predicted molar refractivity (Wildman–Crippen MR) is 78.0 cm³/mol. The fourth-order valence-electron chi connectivity index (χ4n) is 2.30. The van der Waals surface area contributed by atoms with Crippen molar-refractivity contribution in [2.75, 3.05) is 36.0 Å². The average molecular weight is 291 g/mol. The van der Waals surface area contributed by atoms with E-state index in [1.807, 2.05) is 12.1 Å². The van der Waals surface area contributed by atoms with Crippen molar-refractivity contribution in [2.24, 2.45) is 0 Å². The Bertz CT molecular complexity index is 634. The molecule has 2 aromatic rings. The zero-order valence-electron chi connectivity index (χ0n) is 10.8. The Kier molecular flexibility index (Phi) is 3.60. The zero-order chi connectivity index (χ0) is 13.9. The van der Waals surface area contributed by atoms with Gasteiger partial charge in [0.15, 0.2) is 5.82 Å². The Morgan fingerprint density at radius 1 is 1.05 bits per heavy atom. The molecule has 1 aliphatic heterocycles. The maximum Gasteiger partial charge on any atom is 0.215 e. The highest BCUT2D eigenvalue weighted by atomic mass is 32.1. The van der Waals surface area contributed by atoms with Crippen molar-refractivity contribution in [2.45, 2.75) is 0 Å². The van der Waals surface area contributed by atoms with E-state index in [1.165, 1.54) is 12.1 Å². The molecule has 0 unspecified atom stereocenters. The van der Waals surface area contributed by atoms with Crippen molar-refractivity contribution in [1.29, 1.82) is 0 Å². The highest BCUT2D eigenvalue weighted by molar-refractivity contribution is 7.71. The lowest BCUT2D eigenvalue weighted by Crippen LogP contribution is -2.46. The number of hydrogen-bond acceptors (Lipinski definition) is 5. The van der Waals surface area contributed by atoms with E-state index >= 15 is 0 Å². The Balaban J connectivity index is 1.67. The minimum Gasteiger partial charge on any atom is -0.368 e. The third-order valence-electron chi connectivity index (χ3n) is 3.35. The van der Waals surface area contributed by atoms with E-state index in [0.717, 1.165) is 37.7 Å². The molecule has 1 aliphatic rings. The Morgan fingerprint density at radius 2 is 1.70 bits per heavy atom. The number of aromatic nitrogens is 3. The van der Waals surface area contributed by atoms with Gasteiger partial charge in [0.05, 0.1) is 6.20 Å². The molecule has 7 heteroatoms. The second kappa shape index (κ2) is 5.54. The molecule has 0 saturated carbocycles. The largest absolute Gasteiger partial charge is 0.368 e. The molecule has 20 heavy (non-hydrogen) atoms. The number of benzene rings is 1. The quantitative estimate of drug-likeness (QED) is 0.858. The van der Waals surface area contributed by atoms with Gasteiger partial charge >= 0.3 is 0 Å². The van der Waals surface area contributed by atoms with Crippen LogP contribution in [0.15, 0.2) is 30.5 Å². The van der Waals surface area contributed by atoms with Gasteiger partial charge in [0.1, 0.15) is 5.82 Å². The number of aromatic amines is 1. The van der Waals surface area contributed by atoms with Gasteiger partial charge in [-0.2, -0.15) is 10.1 Å². The summed E-state index contributed by atoms with van der Waals surface area (Å²) in [5.41, 5.74) is 1.04. The van der Waals surface area contributed by atoms with Gasteiger partial charge in [-0.3, -0.25) is 5.10 Å². The molecule has 1 aromatic carbocycles. The summed E-state index contributed by atoms with van der Waals surface area (Å²) < 4.78 is 13.3. The predicted octanol–water partition coefficient (Wildman–Crippen LogP) is 2.00. The van der Waals surface area contributed by atoms with Gasteiger partial charge in [0.2, 0.25) is 4.77 Å². The normalized spacial score (nSPS) is 15.4. The summed E-state index contributed by atoms with van der Waals surface area (Å²) in [6.45, 7) is 3.40. The van der Waals surface area contributed by atoms with Gasteiger partial charge in [-0.15, -0.1) is 0 Å². The molecule has 1 N–H and O–H groups in total. The van der Waals surface area contributed by atoms with Crippen LogP contribution in [0.3, 0.4) is 0 Å². The molecule has 3 rings (SSSR count). The van der Waals surface area contributed by atoms with Crippen molar-refractivity contribution < 1.29 is 4.39 Å². The van der Waals surface area contributed by atoms with Crippen molar-refractivity contribution >= 4 is 23.7 Å². The first-order valence-corrected chi connectivity index (χ1v) is 6.80. The van der Waals surface area contributed by atoms with Crippen LogP contribution < -0.4 is 9.80 Å². The number of nitrogens with zero attached hydrogens (tertiary/aromatic N) is 4. The fourth-order valence-corrected chi connectivity index (χ4v) is 2.45. The summed E-state index contributed by atoms with van der Waals surface area (Å²) >= 11 is 4.98. The summed E-state index contributed by atoms with van der Waals surface area (Å²) in [6, 6.07) is 6.60. The molecule has 0 aliphatic carbocycles. The third kappa shape index (κ3) is 2.77. The lowest BCUT2D eigenvalue weighted by atomic mass is 10.2.